The molecule has 0 aromatic heterocycles. The van der Waals surface area contributed by atoms with Gasteiger partial charge >= 0.3 is 0 Å². The summed E-state index contributed by atoms with van der Waals surface area (Å²) in [5, 5.41) is 3.27. The average molecular weight is 262 g/mol. The molecule has 1 saturated heterocycles. The summed E-state index contributed by atoms with van der Waals surface area (Å²) in [5.74, 6) is 1.09. The van der Waals surface area contributed by atoms with Crippen molar-refractivity contribution < 1.29 is 9.53 Å². The van der Waals surface area contributed by atoms with Crippen LogP contribution in [0.4, 0.5) is 0 Å². The van der Waals surface area contributed by atoms with E-state index < -0.39 is 0 Å². The van der Waals surface area contributed by atoms with Crippen LogP contribution in [0.1, 0.15) is 24.8 Å². The lowest BCUT2D eigenvalue weighted by molar-refractivity contribution is -0.131. The summed E-state index contributed by atoms with van der Waals surface area (Å²) in [5.41, 5.74) is 1.12. The van der Waals surface area contributed by atoms with Crippen LogP contribution in [0.25, 0.3) is 0 Å². The number of nitrogens with zero attached hydrogens (tertiary/aromatic N) is 1. The van der Waals surface area contributed by atoms with Crippen LogP contribution in [0.5, 0.6) is 5.75 Å². The van der Waals surface area contributed by atoms with Gasteiger partial charge in [-0.15, -0.1) is 0 Å². The maximum atomic E-state index is 12.1. The van der Waals surface area contributed by atoms with Crippen LogP contribution in [0.2, 0.25) is 0 Å². The van der Waals surface area contributed by atoms with E-state index in [1.165, 1.54) is 0 Å². The molecule has 0 saturated carbocycles. The fourth-order valence-electron chi connectivity index (χ4n) is 2.48. The minimum absolute atomic E-state index is 0.251. The van der Waals surface area contributed by atoms with Crippen LogP contribution >= 0.6 is 0 Å². The minimum atomic E-state index is 0.251. The molecule has 1 aromatic rings. The smallest absolute Gasteiger partial charge is 0.222 e. The van der Waals surface area contributed by atoms with Crippen LogP contribution < -0.4 is 10.1 Å². The second kappa shape index (κ2) is 6.57. The van der Waals surface area contributed by atoms with Gasteiger partial charge in [-0.3, -0.25) is 4.79 Å². The zero-order valence-corrected chi connectivity index (χ0v) is 11.7. The van der Waals surface area contributed by atoms with Gasteiger partial charge in [-0.1, -0.05) is 12.1 Å². The SMILES string of the molecule is CNC1CCC(=O)N(Cc2cccc(OC)c2)CC1. The molecule has 1 aromatic carbocycles. The van der Waals surface area contributed by atoms with E-state index in [2.05, 4.69) is 5.32 Å². The van der Waals surface area contributed by atoms with Crippen LogP contribution in [-0.2, 0) is 11.3 Å². The summed E-state index contributed by atoms with van der Waals surface area (Å²) in [6.07, 6.45) is 2.59. The molecule has 1 unspecified atom stereocenters. The van der Waals surface area contributed by atoms with E-state index in [1.807, 2.05) is 36.2 Å². The lowest BCUT2D eigenvalue weighted by Crippen LogP contribution is -2.30. The fourth-order valence-corrected chi connectivity index (χ4v) is 2.48. The molecule has 1 aliphatic heterocycles. The number of hydrogen-bond acceptors (Lipinski definition) is 3. The van der Waals surface area contributed by atoms with Crippen molar-refractivity contribution in [1.82, 2.24) is 10.2 Å². The number of benzene rings is 1. The topological polar surface area (TPSA) is 41.6 Å². The fraction of sp³-hybridized carbons (Fsp3) is 0.533. The van der Waals surface area contributed by atoms with Gasteiger partial charge in [0, 0.05) is 25.6 Å². The van der Waals surface area contributed by atoms with Crippen molar-refractivity contribution in [3.63, 3.8) is 0 Å². The van der Waals surface area contributed by atoms with Crippen LogP contribution in [0.15, 0.2) is 24.3 Å². The van der Waals surface area contributed by atoms with Crippen molar-refractivity contribution in [2.75, 3.05) is 20.7 Å². The number of ether oxygens (including phenoxy) is 1. The van der Waals surface area contributed by atoms with Crippen molar-refractivity contribution in [2.45, 2.75) is 31.8 Å². The molecule has 4 heteroatoms. The molecule has 104 valence electrons. The molecule has 1 amide bonds. The lowest BCUT2D eigenvalue weighted by atomic mass is 10.1. The first kappa shape index (κ1) is 13.9. The first-order chi connectivity index (χ1) is 9.22. The highest BCUT2D eigenvalue weighted by Gasteiger charge is 2.21. The number of nitrogens with one attached hydrogen (secondary N) is 1. The van der Waals surface area contributed by atoms with E-state index in [-0.39, 0.29) is 5.91 Å². The third-order valence-electron chi connectivity index (χ3n) is 3.72. The highest BCUT2D eigenvalue weighted by molar-refractivity contribution is 5.76. The van der Waals surface area contributed by atoms with E-state index in [0.29, 0.717) is 19.0 Å². The highest BCUT2D eigenvalue weighted by Crippen LogP contribution is 2.18. The number of methoxy groups -OCH3 is 1. The third-order valence-corrected chi connectivity index (χ3v) is 3.72. The zero-order valence-electron chi connectivity index (χ0n) is 11.7. The Kier molecular flexibility index (Phi) is 4.80. The molecule has 2 rings (SSSR count). The number of carbonyl (C=O) groups excluding carboxylic acids is 1. The molecule has 0 bridgehead atoms. The quantitative estimate of drug-likeness (QED) is 0.899. The maximum absolute atomic E-state index is 12.1. The van der Waals surface area contributed by atoms with Gasteiger partial charge in [0.05, 0.1) is 7.11 Å². The molecule has 1 aliphatic rings. The summed E-state index contributed by atoms with van der Waals surface area (Å²) in [4.78, 5) is 14.1. The van der Waals surface area contributed by atoms with Crippen LogP contribution in [0, 0.1) is 0 Å². The van der Waals surface area contributed by atoms with E-state index in [9.17, 15) is 4.79 Å². The number of hydrogen-bond donors (Lipinski definition) is 1. The first-order valence-corrected chi connectivity index (χ1v) is 6.81. The molecule has 0 spiro atoms. The van der Waals surface area contributed by atoms with Crippen LogP contribution in [-0.4, -0.2) is 37.6 Å². The molecular weight excluding hydrogens is 240 g/mol. The second-order valence-electron chi connectivity index (χ2n) is 4.98. The molecule has 1 N–H and O–H groups in total. The van der Waals surface area contributed by atoms with E-state index in [0.717, 1.165) is 30.7 Å². The molecule has 0 aliphatic carbocycles. The molecule has 19 heavy (non-hydrogen) atoms. The van der Waals surface area contributed by atoms with Crippen molar-refractivity contribution in [2.24, 2.45) is 0 Å². The summed E-state index contributed by atoms with van der Waals surface area (Å²) >= 11 is 0. The van der Waals surface area contributed by atoms with Gasteiger partial charge in [-0.25, -0.2) is 0 Å². The number of likely N-dealkylation sites (tertiary alicyclic amines) is 1. The summed E-state index contributed by atoms with van der Waals surface area (Å²) in [6.45, 7) is 1.49. The summed E-state index contributed by atoms with van der Waals surface area (Å²) in [7, 11) is 3.63. The molecule has 1 fully saturated rings. The Morgan fingerprint density at radius 2 is 2.26 bits per heavy atom. The van der Waals surface area contributed by atoms with E-state index in [4.69, 9.17) is 4.74 Å². The van der Waals surface area contributed by atoms with Gasteiger partial charge in [-0.2, -0.15) is 0 Å². The minimum Gasteiger partial charge on any atom is -0.497 e. The van der Waals surface area contributed by atoms with Crippen molar-refractivity contribution in [3.05, 3.63) is 29.8 Å². The monoisotopic (exact) mass is 262 g/mol. The zero-order chi connectivity index (χ0) is 13.7. The Balaban J connectivity index is 2.02. The van der Waals surface area contributed by atoms with E-state index in [1.54, 1.807) is 7.11 Å². The molecule has 0 radical (unpaired) electrons. The van der Waals surface area contributed by atoms with Gasteiger partial charge < -0.3 is 15.0 Å². The molecule has 1 atom stereocenters. The van der Waals surface area contributed by atoms with Crippen molar-refractivity contribution >= 4 is 5.91 Å². The van der Waals surface area contributed by atoms with Gasteiger partial charge in [0.2, 0.25) is 5.91 Å². The Labute approximate surface area is 114 Å². The predicted octanol–water partition coefficient (Wildman–Crippen LogP) is 1.80. The Morgan fingerprint density at radius 1 is 1.42 bits per heavy atom. The number of rotatable bonds is 4. The summed E-state index contributed by atoms with van der Waals surface area (Å²) in [6, 6.07) is 8.38. The van der Waals surface area contributed by atoms with Gasteiger partial charge in [0.15, 0.2) is 0 Å². The highest BCUT2D eigenvalue weighted by atomic mass is 16.5. The standard InChI is InChI=1S/C15H22N2O2/c1-16-13-6-7-15(18)17(9-8-13)11-12-4-3-5-14(10-12)19-2/h3-5,10,13,16H,6-9,11H2,1-2H3. The first-order valence-electron chi connectivity index (χ1n) is 6.81. The third kappa shape index (κ3) is 3.70. The summed E-state index contributed by atoms with van der Waals surface area (Å²) < 4.78 is 5.22. The van der Waals surface area contributed by atoms with Gasteiger partial charge in [-0.05, 0) is 37.6 Å². The van der Waals surface area contributed by atoms with Gasteiger partial charge in [0.1, 0.15) is 5.75 Å². The average Bonchev–Trinajstić information content (AvgIpc) is 2.62. The largest absolute Gasteiger partial charge is 0.497 e. The number of amides is 1. The number of carbonyl (C=O) groups is 1. The van der Waals surface area contributed by atoms with Crippen LogP contribution in [0.3, 0.4) is 0 Å². The van der Waals surface area contributed by atoms with Gasteiger partial charge in [0.25, 0.3) is 0 Å². The molecular formula is C15H22N2O2. The maximum Gasteiger partial charge on any atom is 0.222 e. The van der Waals surface area contributed by atoms with E-state index >= 15 is 0 Å². The Bertz CT molecular complexity index is 434. The normalized spacial score (nSPS) is 20.2. The molecule has 1 heterocycles. The lowest BCUT2D eigenvalue weighted by Gasteiger charge is -2.21. The van der Waals surface area contributed by atoms with Crippen molar-refractivity contribution in [3.8, 4) is 5.75 Å². The predicted molar refractivity (Wildman–Crippen MR) is 75.1 cm³/mol. The Hall–Kier alpha value is -1.55. The Morgan fingerprint density at radius 3 is 3.00 bits per heavy atom. The molecule has 4 nitrogen and oxygen atoms in total. The second-order valence-corrected chi connectivity index (χ2v) is 4.98. The van der Waals surface area contributed by atoms with Crippen molar-refractivity contribution in [1.29, 1.82) is 0 Å².